The Balaban J connectivity index is 2.19. The van der Waals surface area contributed by atoms with Crippen LogP contribution in [0.1, 0.15) is 31.8 Å². The first-order valence-electron chi connectivity index (χ1n) is 6.76. The zero-order valence-corrected chi connectivity index (χ0v) is 12.4. The minimum atomic E-state index is -0.630. The summed E-state index contributed by atoms with van der Waals surface area (Å²) in [5, 5.41) is 12.3. The van der Waals surface area contributed by atoms with Crippen LogP contribution < -0.4 is 16.4 Å². The molecular formula is C13H21N3O5. The van der Waals surface area contributed by atoms with Crippen molar-refractivity contribution in [3.05, 3.63) is 17.3 Å². The molecule has 1 rings (SSSR count). The van der Waals surface area contributed by atoms with Crippen LogP contribution in [0.15, 0.2) is 8.83 Å². The molecular weight excluding hydrogens is 278 g/mol. The minimum absolute atomic E-state index is 0.0385. The van der Waals surface area contributed by atoms with E-state index in [1.807, 2.05) is 13.8 Å². The number of rotatable bonds is 7. The second-order valence-electron chi connectivity index (χ2n) is 4.57. The molecule has 8 nitrogen and oxygen atoms in total. The molecule has 0 fully saturated rings. The maximum absolute atomic E-state index is 11.5. The van der Waals surface area contributed by atoms with Crippen molar-refractivity contribution in [1.29, 1.82) is 5.41 Å². The van der Waals surface area contributed by atoms with Crippen LogP contribution in [0.5, 0.6) is 0 Å². The molecule has 0 aliphatic rings. The lowest BCUT2D eigenvalue weighted by molar-refractivity contribution is -0.124. The lowest BCUT2D eigenvalue weighted by Crippen LogP contribution is -2.37. The molecule has 0 aliphatic heterocycles. The highest BCUT2D eigenvalue weighted by molar-refractivity contribution is 5.78. The van der Waals surface area contributed by atoms with Crippen LogP contribution in [-0.2, 0) is 16.1 Å². The van der Waals surface area contributed by atoms with E-state index < -0.39 is 6.09 Å². The summed E-state index contributed by atoms with van der Waals surface area (Å²) in [6.45, 7) is 5.89. The van der Waals surface area contributed by atoms with Gasteiger partial charge in [0, 0.05) is 19.0 Å². The van der Waals surface area contributed by atoms with E-state index in [9.17, 15) is 9.59 Å². The van der Waals surface area contributed by atoms with Crippen molar-refractivity contribution in [3.8, 4) is 0 Å². The van der Waals surface area contributed by atoms with E-state index in [2.05, 4.69) is 10.6 Å². The van der Waals surface area contributed by atoms with Crippen LogP contribution in [0.25, 0.3) is 0 Å². The summed E-state index contributed by atoms with van der Waals surface area (Å²) in [5.41, 5.74) is 0. The average Bonchev–Trinajstić information content (AvgIpc) is 2.78. The van der Waals surface area contributed by atoms with Gasteiger partial charge in [-0.05, 0) is 13.3 Å². The number of aryl methyl sites for hydroxylation is 1. The quantitative estimate of drug-likeness (QED) is 0.650. The topological polar surface area (TPSA) is 118 Å². The Morgan fingerprint density at radius 3 is 2.52 bits per heavy atom. The molecule has 0 saturated carbocycles. The number of hydrogen-bond acceptors (Lipinski definition) is 6. The zero-order chi connectivity index (χ0) is 15.8. The maximum atomic E-state index is 11.5. The van der Waals surface area contributed by atoms with Crippen molar-refractivity contribution in [3.63, 3.8) is 0 Å². The molecule has 0 bridgehead atoms. The zero-order valence-electron chi connectivity index (χ0n) is 12.4. The number of amides is 2. The Hall–Kier alpha value is -2.25. The third kappa shape index (κ3) is 5.72. The van der Waals surface area contributed by atoms with Crippen molar-refractivity contribution in [2.45, 2.75) is 33.8 Å². The minimum Gasteiger partial charge on any atom is -0.441 e. The summed E-state index contributed by atoms with van der Waals surface area (Å²) >= 11 is 0. The van der Waals surface area contributed by atoms with E-state index in [0.29, 0.717) is 18.1 Å². The monoisotopic (exact) mass is 299 g/mol. The van der Waals surface area contributed by atoms with Gasteiger partial charge >= 0.3 is 11.8 Å². The highest BCUT2D eigenvalue weighted by Gasteiger charge is 2.11. The summed E-state index contributed by atoms with van der Waals surface area (Å²) in [6.07, 6.45) is 0.141. The van der Waals surface area contributed by atoms with Gasteiger partial charge in [-0.25, -0.2) is 10.2 Å². The lowest BCUT2D eigenvalue weighted by atomic mass is 10.1. The van der Waals surface area contributed by atoms with Gasteiger partial charge in [0.05, 0.1) is 0 Å². The van der Waals surface area contributed by atoms with Crippen LogP contribution in [0.3, 0.4) is 0 Å². The molecule has 0 saturated heterocycles. The van der Waals surface area contributed by atoms with E-state index in [1.54, 1.807) is 6.92 Å². The van der Waals surface area contributed by atoms with Gasteiger partial charge in [-0.3, -0.25) is 4.79 Å². The van der Waals surface area contributed by atoms with Crippen LogP contribution in [0.4, 0.5) is 4.79 Å². The van der Waals surface area contributed by atoms with Gasteiger partial charge in [0.15, 0.2) is 12.4 Å². The molecule has 1 aromatic rings. The van der Waals surface area contributed by atoms with E-state index in [4.69, 9.17) is 19.0 Å². The van der Waals surface area contributed by atoms with Gasteiger partial charge < -0.3 is 24.2 Å². The Morgan fingerprint density at radius 2 is 1.95 bits per heavy atom. The number of carbonyl (C=O) groups is 2. The predicted molar refractivity (Wildman–Crippen MR) is 72.2 cm³/mol. The van der Waals surface area contributed by atoms with Crippen LogP contribution in [0, 0.1) is 18.3 Å². The number of alkyl carbamates (subject to hydrolysis) is 1. The molecule has 0 radical (unpaired) electrons. The summed E-state index contributed by atoms with van der Waals surface area (Å²) in [4.78, 5) is 22.9. The molecule has 1 atom stereocenters. The Labute approximate surface area is 122 Å². The van der Waals surface area contributed by atoms with Gasteiger partial charge in [0.1, 0.15) is 5.76 Å². The molecule has 0 aliphatic carbocycles. The fraction of sp³-hybridized carbons (Fsp3) is 0.615. The Kier molecular flexibility index (Phi) is 6.51. The first-order valence-corrected chi connectivity index (χ1v) is 6.76. The Bertz CT molecular complexity index is 534. The van der Waals surface area contributed by atoms with Gasteiger partial charge in [-0.2, -0.15) is 0 Å². The largest absolute Gasteiger partial charge is 0.441 e. The molecule has 118 valence electrons. The van der Waals surface area contributed by atoms with Crippen molar-refractivity contribution in [2.24, 2.45) is 5.92 Å². The highest BCUT2D eigenvalue weighted by Crippen LogP contribution is 2.06. The Morgan fingerprint density at radius 1 is 1.29 bits per heavy atom. The summed E-state index contributed by atoms with van der Waals surface area (Å²) in [7, 11) is 0. The third-order valence-electron chi connectivity index (χ3n) is 2.94. The molecule has 1 unspecified atom stereocenters. The summed E-state index contributed by atoms with van der Waals surface area (Å²) < 4.78 is 14.6. The van der Waals surface area contributed by atoms with Crippen molar-refractivity contribution in [2.75, 3.05) is 13.1 Å². The van der Waals surface area contributed by atoms with Crippen molar-refractivity contribution in [1.82, 2.24) is 10.6 Å². The first kappa shape index (κ1) is 16.8. The van der Waals surface area contributed by atoms with Crippen LogP contribution in [-0.4, -0.2) is 25.1 Å². The van der Waals surface area contributed by atoms with E-state index in [1.165, 1.54) is 0 Å². The van der Waals surface area contributed by atoms with Gasteiger partial charge in [-0.15, -0.1) is 0 Å². The SMILES string of the molecule is CCC(C)C(=O)NCCNC(=O)OCc1oc(=N)oc1C. The van der Waals surface area contributed by atoms with Crippen LogP contribution in [0.2, 0.25) is 0 Å². The number of hydrogen-bond donors (Lipinski definition) is 3. The van der Waals surface area contributed by atoms with Crippen molar-refractivity contribution >= 4 is 12.0 Å². The maximum Gasteiger partial charge on any atom is 0.407 e. The molecule has 0 spiro atoms. The van der Waals surface area contributed by atoms with Crippen LogP contribution >= 0.6 is 0 Å². The normalized spacial score (nSPS) is 11.8. The fourth-order valence-electron chi connectivity index (χ4n) is 1.42. The number of ether oxygens (including phenoxy) is 1. The molecule has 1 aromatic heterocycles. The van der Waals surface area contributed by atoms with E-state index in [0.717, 1.165) is 6.42 Å². The molecule has 21 heavy (non-hydrogen) atoms. The standard InChI is InChI=1S/C13H21N3O5/c1-4-8(2)11(17)15-5-6-16-13(18)19-7-10-9(3)20-12(14)21-10/h8,14H,4-7H2,1-3H3,(H,15,17)(H,16,18). The fourth-order valence-corrected chi connectivity index (χ4v) is 1.42. The van der Waals surface area contributed by atoms with E-state index >= 15 is 0 Å². The van der Waals surface area contributed by atoms with E-state index in [-0.39, 0.29) is 30.7 Å². The summed E-state index contributed by atoms with van der Waals surface area (Å²) in [6, 6.07) is 0. The highest BCUT2D eigenvalue weighted by atomic mass is 16.6. The molecule has 2 amide bonds. The average molecular weight is 299 g/mol. The third-order valence-corrected chi connectivity index (χ3v) is 2.94. The number of nitrogens with one attached hydrogen (secondary N) is 3. The predicted octanol–water partition coefficient (Wildman–Crippen LogP) is 1.05. The first-order chi connectivity index (χ1) is 9.93. The molecule has 8 heteroatoms. The number of carbonyl (C=O) groups excluding carboxylic acids is 2. The van der Waals surface area contributed by atoms with Gasteiger partial charge in [0.2, 0.25) is 5.91 Å². The van der Waals surface area contributed by atoms with Gasteiger partial charge in [-0.1, -0.05) is 13.8 Å². The molecule has 3 N–H and O–H groups in total. The van der Waals surface area contributed by atoms with Gasteiger partial charge in [0.25, 0.3) is 0 Å². The second-order valence-corrected chi connectivity index (χ2v) is 4.57. The molecule has 1 heterocycles. The smallest absolute Gasteiger partial charge is 0.407 e. The lowest BCUT2D eigenvalue weighted by Gasteiger charge is -2.10. The van der Waals surface area contributed by atoms with Crippen molar-refractivity contribution < 1.29 is 23.2 Å². The molecule has 0 aromatic carbocycles. The summed E-state index contributed by atoms with van der Waals surface area (Å²) in [5.74, 6) is 0.276. The second kappa shape index (κ2) is 8.13.